The highest BCUT2D eigenvalue weighted by Crippen LogP contribution is 2.37. The second-order valence-corrected chi connectivity index (χ2v) is 8.35. The summed E-state index contributed by atoms with van der Waals surface area (Å²) in [5, 5.41) is 24.0. The molecule has 27 heavy (non-hydrogen) atoms. The Morgan fingerprint density at radius 1 is 1.52 bits per heavy atom. The first-order chi connectivity index (χ1) is 12.7. The minimum atomic E-state index is -1.08. The van der Waals surface area contributed by atoms with E-state index in [1.807, 2.05) is 24.8 Å². The summed E-state index contributed by atoms with van der Waals surface area (Å²) in [6.45, 7) is 4.77. The molecule has 1 saturated carbocycles. The number of nitriles is 1. The topological polar surface area (TPSA) is 118 Å². The Hall–Kier alpha value is -2.34. The Labute approximate surface area is 166 Å². The number of carbonyl (C=O) groups excluding carboxylic acids is 1. The van der Waals surface area contributed by atoms with Crippen LogP contribution in [0.4, 0.5) is 10.5 Å². The Bertz CT molecular complexity index is 820. The molecule has 0 spiro atoms. The van der Waals surface area contributed by atoms with Gasteiger partial charge in [0.2, 0.25) is 0 Å². The number of nitrogens with zero attached hydrogens (tertiary/aromatic N) is 3. The zero-order valence-electron chi connectivity index (χ0n) is 15.3. The van der Waals surface area contributed by atoms with Crippen molar-refractivity contribution >= 4 is 33.6 Å². The fourth-order valence-electron chi connectivity index (χ4n) is 3.54. The average Bonchev–Trinajstić information content (AvgIpc) is 3.37. The van der Waals surface area contributed by atoms with E-state index in [4.69, 9.17) is 5.11 Å². The monoisotopic (exact) mass is 435 g/mol. The van der Waals surface area contributed by atoms with Crippen LogP contribution in [0.2, 0.25) is 0 Å². The van der Waals surface area contributed by atoms with Crippen LogP contribution >= 0.6 is 15.9 Å². The van der Waals surface area contributed by atoms with E-state index in [9.17, 15) is 14.9 Å². The molecule has 1 saturated heterocycles. The van der Waals surface area contributed by atoms with Crippen LogP contribution in [0.25, 0.3) is 0 Å². The number of rotatable bonds is 5. The molecule has 3 N–H and O–H groups in total. The summed E-state index contributed by atoms with van der Waals surface area (Å²) < 4.78 is 0.455. The molecule has 3 rings (SSSR count). The summed E-state index contributed by atoms with van der Waals surface area (Å²) >= 11 is 3.42. The van der Waals surface area contributed by atoms with Gasteiger partial charge < -0.3 is 20.6 Å². The molecule has 144 valence electrons. The molecule has 2 fully saturated rings. The lowest BCUT2D eigenvalue weighted by Gasteiger charge is -2.27. The highest BCUT2D eigenvalue weighted by Gasteiger charge is 2.38. The summed E-state index contributed by atoms with van der Waals surface area (Å²) in [4.78, 5) is 30.0. The van der Waals surface area contributed by atoms with Crippen molar-refractivity contribution < 1.29 is 14.7 Å². The Balaban J connectivity index is 1.91. The summed E-state index contributed by atoms with van der Waals surface area (Å²) in [7, 11) is 0. The predicted molar refractivity (Wildman–Crippen MR) is 103 cm³/mol. The molecular weight excluding hydrogens is 414 g/mol. The largest absolute Gasteiger partial charge is 0.465 e. The molecule has 2 atom stereocenters. The van der Waals surface area contributed by atoms with Gasteiger partial charge in [-0.25, -0.2) is 9.78 Å². The maximum atomic E-state index is 12.9. The third kappa shape index (κ3) is 4.16. The van der Waals surface area contributed by atoms with Crippen LogP contribution in [0.5, 0.6) is 0 Å². The van der Waals surface area contributed by atoms with Gasteiger partial charge in [-0.1, -0.05) is 0 Å². The van der Waals surface area contributed by atoms with Crippen molar-refractivity contribution in [2.45, 2.75) is 44.7 Å². The molecule has 2 amide bonds. The molecule has 2 aliphatic rings. The van der Waals surface area contributed by atoms with E-state index in [0.717, 1.165) is 12.8 Å². The fourth-order valence-corrected chi connectivity index (χ4v) is 4.20. The molecule has 0 aromatic carbocycles. The summed E-state index contributed by atoms with van der Waals surface area (Å²) in [5.74, 6) is 0.281. The lowest BCUT2D eigenvalue weighted by atomic mass is 10.0. The molecule has 1 aromatic heterocycles. The van der Waals surface area contributed by atoms with E-state index in [2.05, 4.69) is 31.5 Å². The molecular formula is C18H22BrN5O3. The van der Waals surface area contributed by atoms with Crippen molar-refractivity contribution in [3.05, 3.63) is 21.9 Å². The van der Waals surface area contributed by atoms with Gasteiger partial charge in [0.15, 0.2) is 5.69 Å². The Morgan fingerprint density at radius 2 is 2.22 bits per heavy atom. The first-order valence-electron chi connectivity index (χ1n) is 8.89. The standard InChI is InChI=1S/C18H22BrN5O3/c1-10(11-3-4-11)22-16(25)12-8-21-13(7-20)14(19)15(12)24-6-5-18(2,9-24)23-17(26)27/h8,10-11,23H,3-6,9H2,1-2H3,(H,22,25)(H,26,27)/t10?,18-/m0/s1. The Kier molecular flexibility index (Phi) is 5.29. The van der Waals surface area contributed by atoms with Crippen LogP contribution in [0.3, 0.4) is 0 Å². The molecule has 2 heterocycles. The normalized spacial score (nSPS) is 22.8. The van der Waals surface area contributed by atoms with E-state index in [-0.39, 0.29) is 17.6 Å². The van der Waals surface area contributed by atoms with E-state index in [1.165, 1.54) is 6.20 Å². The minimum absolute atomic E-state index is 0.0808. The zero-order valence-corrected chi connectivity index (χ0v) is 16.8. The molecule has 1 aliphatic carbocycles. The van der Waals surface area contributed by atoms with Crippen LogP contribution in [-0.2, 0) is 0 Å². The number of carbonyl (C=O) groups is 2. The van der Waals surface area contributed by atoms with Crippen LogP contribution < -0.4 is 15.5 Å². The lowest BCUT2D eigenvalue weighted by Crippen LogP contribution is -2.47. The number of carboxylic acid groups (broad SMARTS) is 1. The molecule has 1 aromatic rings. The van der Waals surface area contributed by atoms with Gasteiger partial charge in [-0.2, -0.15) is 5.26 Å². The van der Waals surface area contributed by atoms with Gasteiger partial charge >= 0.3 is 6.09 Å². The number of hydrogen-bond acceptors (Lipinski definition) is 5. The second-order valence-electron chi connectivity index (χ2n) is 7.56. The molecule has 0 bridgehead atoms. The first-order valence-corrected chi connectivity index (χ1v) is 9.69. The van der Waals surface area contributed by atoms with Gasteiger partial charge in [-0.05, 0) is 55.0 Å². The number of anilines is 1. The van der Waals surface area contributed by atoms with Gasteiger partial charge in [-0.15, -0.1) is 0 Å². The van der Waals surface area contributed by atoms with Crippen molar-refractivity contribution in [2.75, 3.05) is 18.0 Å². The smallest absolute Gasteiger partial charge is 0.405 e. The van der Waals surface area contributed by atoms with Gasteiger partial charge in [0.1, 0.15) is 6.07 Å². The van der Waals surface area contributed by atoms with Gasteiger partial charge in [0, 0.05) is 25.3 Å². The molecule has 1 aliphatic heterocycles. The average molecular weight is 436 g/mol. The van der Waals surface area contributed by atoms with E-state index in [0.29, 0.717) is 41.2 Å². The van der Waals surface area contributed by atoms with Gasteiger partial charge in [-0.3, -0.25) is 4.79 Å². The Morgan fingerprint density at radius 3 is 2.81 bits per heavy atom. The van der Waals surface area contributed by atoms with Gasteiger partial charge in [0.25, 0.3) is 5.91 Å². The number of pyridine rings is 1. The third-order valence-corrected chi connectivity index (χ3v) is 5.98. The van der Waals surface area contributed by atoms with Crippen LogP contribution in [0.15, 0.2) is 10.7 Å². The maximum absolute atomic E-state index is 12.9. The molecule has 1 unspecified atom stereocenters. The highest BCUT2D eigenvalue weighted by molar-refractivity contribution is 9.10. The van der Waals surface area contributed by atoms with Crippen molar-refractivity contribution in [3.8, 4) is 6.07 Å². The van der Waals surface area contributed by atoms with Crippen molar-refractivity contribution in [1.82, 2.24) is 15.6 Å². The van der Waals surface area contributed by atoms with E-state index >= 15 is 0 Å². The van der Waals surface area contributed by atoms with Crippen molar-refractivity contribution in [2.24, 2.45) is 5.92 Å². The molecule has 8 nitrogen and oxygen atoms in total. The maximum Gasteiger partial charge on any atom is 0.405 e. The number of halogens is 1. The fraction of sp³-hybridized carbons (Fsp3) is 0.556. The zero-order chi connectivity index (χ0) is 19.8. The number of nitrogens with one attached hydrogen (secondary N) is 2. The van der Waals surface area contributed by atoms with E-state index in [1.54, 1.807) is 0 Å². The van der Waals surface area contributed by atoms with Crippen molar-refractivity contribution in [3.63, 3.8) is 0 Å². The lowest BCUT2D eigenvalue weighted by molar-refractivity contribution is 0.0935. The molecule has 0 radical (unpaired) electrons. The van der Waals surface area contributed by atoms with E-state index < -0.39 is 11.6 Å². The second kappa shape index (κ2) is 7.35. The van der Waals surface area contributed by atoms with Gasteiger partial charge in [0.05, 0.1) is 21.3 Å². The number of aromatic nitrogens is 1. The van der Waals surface area contributed by atoms with Crippen LogP contribution in [-0.4, -0.2) is 46.8 Å². The SMILES string of the molecule is CC(NC(=O)c1cnc(C#N)c(Br)c1N1CC[C@](C)(NC(=O)O)C1)C1CC1. The first kappa shape index (κ1) is 19.4. The number of amides is 2. The van der Waals surface area contributed by atoms with Crippen molar-refractivity contribution in [1.29, 1.82) is 5.26 Å². The summed E-state index contributed by atoms with van der Waals surface area (Å²) in [6, 6.07) is 2.10. The quantitative estimate of drug-likeness (QED) is 0.653. The predicted octanol–water partition coefficient (Wildman–Crippen LogP) is 2.48. The molecule has 9 heteroatoms. The number of hydrogen-bond donors (Lipinski definition) is 3. The summed E-state index contributed by atoms with van der Waals surface area (Å²) in [6.07, 6.45) is 3.18. The van der Waals surface area contributed by atoms with Crippen LogP contribution in [0, 0.1) is 17.2 Å². The van der Waals surface area contributed by atoms with Crippen LogP contribution in [0.1, 0.15) is 49.2 Å². The minimum Gasteiger partial charge on any atom is -0.465 e. The summed E-state index contributed by atoms with van der Waals surface area (Å²) in [5.41, 5.74) is 0.527. The highest BCUT2D eigenvalue weighted by atomic mass is 79.9. The third-order valence-electron chi connectivity index (χ3n) is 5.23.